The summed E-state index contributed by atoms with van der Waals surface area (Å²) in [6.07, 6.45) is 2.52. The molecular weight excluding hydrogens is 230 g/mol. The van der Waals surface area contributed by atoms with Crippen molar-refractivity contribution < 1.29 is 18.3 Å². The van der Waals surface area contributed by atoms with Gasteiger partial charge in [0.25, 0.3) is 0 Å². The molecule has 2 fully saturated rings. The molecule has 2 aliphatic rings. The predicted octanol–water partition coefficient (Wildman–Crippen LogP) is 0.567. The second-order valence-electron chi connectivity index (χ2n) is 4.95. The molecule has 1 unspecified atom stereocenters. The lowest BCUT2D eigenvalue weighted by atomic mass is 9.99. The van der Waals surface area contributed by atoms with Gasteiger partial charge in [0.1, 0.15) is 0 Å². The highest BCUT2D eigenvalue weighted by atomic mass is 32.2. The molecule has 3 atom stereocenters. The maximum atomic E-state index is 11.7. The van der Waals surface area contributed by atoms with Crippen LogP contribution in [0, 0.1) is 11.8 Å². The number of carboxylic acid groups (broad SMARTS) is 1. The molecular formula is C10H17NO4S. The third-order valence-electron chi connectivity index (χ3n) is 3.49. The zero-order valence-corrected chi connectivity index (χ0v) is 10.0. The Balaban J connectivity index is 1.96. The van der Waals surface area contributed by atoms with E-state index in [0.717, 1.165) is 12.8 Å². The Kier molecular flexibility index (Phi) is 2.96. The summed E-state index contributed by atoms with van der Waals surface area (Å²) < 4.78 is 26.0. The minimum atomic E-state index is -3.19. The van der Waals surface area contributed by atoms with Crippen molar-refractivity contribution >= 4 is 16.0 Å². The highest BCUT2D eigenvalue weighted by Crippen LogP contribution is 2.34. The number of hydrogen-bond donors (Lipinski definition) is 2. The number of carboxylic acids is 1. The van der Waals surface area contributed by atoms with Crippen LogP contribution < -0.4 is 4.72 Å². The summed E-state index contributed by atoms with van der Waals surface area (Å²) in [5.41, 5.74) is 0. The first-order valence-corrected chi connectivity index (χ1v) is 7.18. The van der Waals surface area contributed by atoms with E-state index in [1.165, 1.54) is 0 Å². The fraction of sp³-hybridized carbons (Fsp3) is 0.900. The van der Waals surface area contributed by atoms with Crippen LogP contribution in [0.5, 0.6) is 0 Å². The lowest BCUT2D eigenvalue weighted by molar-refractivity contribution is -0.142. The molecule has 0 heterocycles. The highest BCUT2D eigenvalue weighted by Gasteiger charge is 2.41. The van der Waals surface area contributed by atoms with E-state index in [9.17, 15) is 13.2 Å². The van der Waals surface area contributed by atoms with Gasteiger partial charge in [0.05, 0.1) is 11.2 Å². The average Bonchev–Trinajstić information content (AvgIpc) is 2.91. The normalized spacial score (nSPS) is 35.2. The molecule has 2 N–H and O–H groups in total. The second-order valence-corrected chi connectivity index (χ2v) is 6.94. The van der Waals surface area contributed by atoms with Gasteiger partial charge in [-0.1, -0.05) is 6.92 Å². The fourth-order valence-corrected chi connectivity index (χ4v) is 4.00. The van der Waals surface area contributed by atoms with Gasteiger partial charge < -0.3 is 5.11 Å². The van der Waals surface area contributed by atoms with Crippen LogP contribution in [0.4, 0.5) is 0 Å². The molecule has 0 aromatic carbocycles. The van der Waals surface area contributed by atoms with Crippen molar-refractivity contribution in [2.24, 2.45) is 11.8 Å². The summed E-state index contributed by atoms with van der Waals surface area (Å²) in [6.45, 7) is 1.87. The molecule has 0 aliphatic heterocycles. The van der Waals surface area contributed by atoms with Crippen molar-refractivity contribution in [2.45, 2.75) is 43.9 Å². The zero-order valence-electron chi connectivity index (χ0n) is 9.22. The van der Waals surface area contributed by atoms with Gasteiger partial charge in [0.2, 0.25) is 10.0 Å². The molecule has 0 bridgehead atoms. The monoisotopic (exact) mass is 247 g/mol. The third-order valence-corrected chi connectivity index (χ3v) is 5.50. The molecule has 16 heavy (non-hydrogen) atoms. The van der Waals surface area contributed by atoms with Crippen LogP contribution in [0.3, 0.4) is 0 Å². The molecule has 0 radical (unpaired) electrons. The summed E-state index contributed by atoms with van der Waals surface area (Å²) in [6, 6.07) is -0.193. The molecule has 0 aromatic heterocycles. The molecule has 6 heteroatoms. The Morgan fingerprint density at radius 2 is 1.94 bits per heavy atom. The van der Waals surface area contributed by atoms with E-state index in [1.807, 2.05) is 6.92 Å². The van der Waals surface area contributed by atoms with Crippen LogP contribution in [-0.4, -0.2) is 30.8 Å². The first-order chi connectivity index (χ1) is 7.40. The van der Waals surface area contributed by atoms with E-state index >= 15 is 0 Å². The Hall–Kier alpha value is -0.620. The Morgan fingerprint density at radius 1 is 1.31 bits per heavy atom. The minimum Gasteiger partial charge on any atom is -0.481 e. The Bertz CT molecular complexity index is 388. The van der Waals surface area contributed by atoms with Crippen molar-refractivity contribution in [3.8, 4) is 0 Å². The van der Waals surface area contributed by atoms with Gasteiger partial charge in [-0.05, 0) is 31.6 Å². The van der Waals surface area contributed by atoms with Gasteiger partial charge in [-0.2, -0.15) is 0 Å². The highest BCUT2D eigenvalue weighted by molar-refractivity contribution is 7.90. The topological polar surface area (TPSA) is 83.5 Å². The van der Waals surface area contributed by atoms with Crippen molar-refractivity contribution in [3.63, 3.8) is 0 Å². The van der Waals surface area contributed by atoms with Crippen LogP contribution in [0.25, 0.3) is 0 Å². The average molecular weight is 247 g/mol. The maximum Gasteiger partial charge on any atom is 0.306 e. The standard InChI is InChI=1S/C10H17NO4S/c1-6-4-7(5-9(6)10(12)13)11-16(14,15)8-2-3-8/h6-9,11H,2-5H2,1H3,(H,12,13)/t6-,7?,9+/m0/s1. The molecule has 0 amide bonds. The van der Waals surface area contributed by atoms with Gasteiger partial charge >= 0.3 is 5.97 Å². The molecule has 2 saturated carbocycles. The number of nitrogens with one attached hydrogen (secondary N) is 1. The number of rotatable bonds is 4. The van der Waals surface area contributed by atoms with E-state index in [4.69, 9.17) is 5.11 Å². The van der Waals surface area contributed by atoms with Crippen molar-refractivity contribution in [1.82, 2.24) is 4.72 Å². The van der Waals surface area contributed by atoms with Crippen LogP contribution >= 0.6 is 0 Å². The summed E-state index contributed by atoms with van der Waals surface area (Å²) in [4.78, 5) is 10.9. The zero-order chi connectivity index (χ0) is 11.9. The number of carbonyl (C=O) groups is 1. The number of hydrogen-bond acceptors (Lipinski definition) is 3. The smallest absolute Gasteiger partial charge is 0.306 e. The molecule has 2 aliphatic carbocycles. The van der Waals surface area contributed by atoms with Crippen LogP contribution in [0.2, 0.25) is 0 Å². The first-order valence-electron chi connectivity index (χ1n) is 5.64. The second kappa shape index (κ2) is 4.00. The fourth-order valence-electron chi connectivity index (χ4n) is 2.40. The van der Waals surface area contributed by atoms with Crippen LogP contribution in [-0.2, 0) is 14.8 Å². The van der Waals surface area contributed by atoms with Gasteiger partial charge in [-0.25, -0.2) is 13.1 Å². The van der Waals surface area contributed by atoms with E-state index in [2.05, 4.69) is 4.72 Å². The number of sulfonamides is 1. The van der Waals surface area contributed by atoms with E-state index in [0.29, 0.717) is 12.8 Å². The molecule has 2 rings (SSSR count). The van der Waals surface area contributed by atoms with Gasteiger partial charge in [0.15, 0.2) is 0 Å². The molecule has 0 aromatic rings. The quantitative estimate of drug-likeness (QED) is 0.760. The SMILES string of the molecule is C[C@H]1CC(NS(=O)(=O)C2CC2)C[C@H]1C(=O)O. The summed E-state index contributed by atoms with van der Waals surface area (Å²) >= 11 is 0. The lowest BCUT2D eigenvalue weighted by Gasteiger charge is -2.12. The molecule has 92 valence electrons. The first kappa shape index (κ1) is 11.9. The Labute approximate surface area is 95.3 Å². The van der Waals surface area contributed by atoms with Gasteiger partial charge in [0, 0.05) is 6.04 Å². The van der Waals surface area contributed by atoms with Crippen molar-refractivity contribution in [1.29, 1.82) is 0 Å². The largest absolute Gasteiger partial charge is 0.481 e. The molecule has 5 nitrogen and oxygen atoms in total. The lowest BCUT2D eigenvalue weighted by Crippen LogP contribution is -2.35. The summed E-state index contributed by atoms with van der Waals surface area (Å²) in [5.74, 6) is -1.18. The van der Waals surface area contributed by atoms with Crippen molar-refractivity contribution in [3.05, 3.63) is 0 Å². The van der Waals surface area contributed by atoms with E-state index in [-0.39, 0.29) is 17.2 Å². The van der Waals surface area contributed by atoms with Crippen molar-refractivity contribution in [2.75, 3.05) is 0 Å². The van der Waals surface area contributed by atoms with Gasteiger partial charge in [-0.3, -0.25) is 4.79 Å². The van der Waals surface area contributed by atoms with Crippen LogP contribution in [0.1, 0.15) is 32.6 Å². The third kappa shape index (κ3) is 2.38. The summed E-state index contributed by atoms with van der Waals surface area (Å²) in [5, 5.41) is 8.71. The predicted molar refractivity (Wildman–Crippen MR) is 58.4 cm³/mol. The van der Waals surface area contributed by atoms with E-state index < -0.39 is 21.9 Å². The maximum absolute atomic E-state index is 11.7. The van der Waals surface area contributed by atoms with E-state index in [1.54, 1.807) is 0 Å². The molecule has 0 spiro atoms. The van der Waals surface area contributed by atoms with Crippen LogP contribution in [0.15, 0.2) is 0 Å². The van der Waals surface area contributed by atoms with Gasteiger partial charge in [-0.15, -0.1) is 0 Å². The number of aliphatic carboxylic acids is 1. The summed E-state index contributed by atoms with van der Waals surface area (Å²) in [7, 11) is -3.19. The Morgan fingerprint density at radius 3 is 2.38 bits per heavy atom. The molecule has 0 saturated heterocycles. The minimum absolute atomic E-state index is 0.0457.